The summed E-state index contributed by atoms with van der Waals surface area (Å²) in [7, 11) is 1.60. The van der Waals surface area contributed by atoms with E-state index in [1.807, 2.05) is 48.5 Å². The SMILES string of the molecule is COc1ccc(CNC(=O)/C(C#N)=C/c2cc(Br)ccc2OCCC(C)C)cc1. The summed E-state index contributed by atoms with van der Waals surface area (Å²) in [5, 5.41) is 12.3. The van der Waals surface area contributed by atoms with E-state index < -0.39 is 5.91 Å². The molecule has 0 radical (unpaired) electrons. The van der Waals surface area contributed by atoms with Crippen LogP contribution in [-0.2, 0) is 11.3 Å². The number of carbonyl (C=O) groups is 1. The number of hydrogen-bond acceptors (Lipinski definition) is 4. The van der Waals surface area contributed by atoms with E-state index in [0.29, 0.717) is 30.4 Å². The molecule has 0 saturated carbocycles. The molecule has 152 valence electrons. The molecule has 5 nitrogen and oxygen atoms in total. The van der Waals surface area contributed by atoms with Crippen LogP contribution in [0, 0.1) is 17.2 Å². The van der Waals surface area contributed by atoms with Crippen molar-refractivity contribution in [2.45, 2.75) is 26.8 Å². The highest BCUT2D eigenvalue weighted by Crippen LogP contribution is 2.26. The van der Waals surface area contributed by atoms with E-state index in [4.69, 9.17) is 9.47 Å². The van der Waals surface area contributed by atoms with Gasteiger partial charge in [-0.2, -0.15) is 5.26 Å². The van der Waals surface area contributed by atoms with Gasteiger partial charge in [-0.1, -0.05) is 41.9 Å². The lowest BCUT2D eigenvalue weighted by Crippen LogP contribution is -2.23. The standard InChI is InChI=1S/C23H25BrN2O3/c1-16(2)10-11-29-22-9-6-20(24)13-18(22)12-19(14-25)23(27)26-15-17-4-7-21(28-3)8-5-17/h4-9,12-13,16H,10-11,15H2,1-3H3,(H,26,27)/b19-12+. The lowest BCUT2D eigenvalue weighted by molar-refractivity contribution is -0.117. The van der Waals surface area contributed by atoms with Gasteiger partial charge in [0.15, 0.2) is 0 Å². The highest BCUT2D eigenvalue weighted by molar-refractivity contribution is 9.10. The molecule has 29 heavy (non-hydrogen) atoms. The highest BCUT2D eigenvalue weighted by atomic mass is 79.9. The molecule has 1 N–H and O–H groups in total. The third kappa shape index (κ3) is 7.28. The quantitative estimate of drug-likeness (QED) is 0.420. The number of rotatable bonds is 9. The fraction of sp³-hybridized carbons (Fsp3) is 0.304. The molecule has 0 heterocycles. The molecule has 0 aliphatic heterocycles. The number of halogens is 1. The van der Waals surface area contributed by atoms with Crippen molar-refractivity contribution in [3.8, 4) is 17.6 Å². The molecule has 0 spiro atoms. The Kier molecular flexibility index (Phi) is 8.75. The summed E-state index contributed by atoms with van der Waals surface area (Å²) in [6.45, 7) is 5.16. The van der Waals surface area contributed by atoms with Crippen LogP contribution in [-0.4, -0.2) is 19.6 Å². The van der Waals surface area contributed by atoms with Crippen LogP contribution in [0.5, 0.6) is 11.5 Å². The van der Waals surface area contributed by atoms with Crippen LogP contribution in [0.3, 0.4) is 0 Å². The summed E-state index contributed by atoms with van der Waals surface area (Å²) in [6.07, 6.45) is 2.48. The zero-order chi connectivity index (χ0) is 21.2. The molecular weight excluding hydrogens is 432 g/mol. The lowest BCUT2D eigenvalue weighted by Gasteiger charge is -2.12. The predicted molar refractivity (Wildman–Crippen MR) is 118 cm³/mol. The Labute approximate surface area is 180 Å². The van der Waals surface area contributed by atoms with Gasteiger partial charge in [0, 0.05) is 16.6 Å². The van der Waals surface area contributed by atoms with E-state index in [2.05, 4.69) is 35.1 Å². The molecule has 2 rings (SSSR count). The number of carbonyl (C=O) groups excluding carboxylic acids is 1. The minimum absolute atomic E-state index is 0.0188. The van der Waals surface area contributed by atoms with Crippen LogP contribution in [0.2, 0.25) is 0 Å². The van der Waals surface area contributed by atoms with E-state index in [-0.39, 0.29) is 5.57 Å². The fourth-order valence-corrected chi connectivity index (χ4v) is 2.87. The molecule has 2 aromatic rings. The summed E-state index contributed by atoms with van der Waals surface area (Å²) in [6, 6.07) is 14.9. The number of nitriles is 1. The van der Waals surface area contributed by atoms with Gasteiger partial charge in [-0.25, -0.2) is 0 Å². The Bertz CT molecular complexity index is 899. The number of nitrogens with zero attached hydrogens (tertiary/aromatic N) is 1. The van der Waals surface area contributed by atoms with Crippen molar-refractivity contribution in [1.29, 1.82) is 5.26 Å². The van der Waals surface area contributed by atoms with Crippen molar-refractivity contribution in [1.82, 2.24) is 5.32 Å². The Morgan fingerprint density at radius 2 is 1.97 bits per heavy atom. The average Bonchev–Trinajstić information content (AvgIpc) is 2.71. The lowest BCUT2D eigenvalue weighted by atomic mass is 10.1. The first-order chi connectivity index (χ1) is 13.9. The van der Waals surface area contributed by atoms with Crippen molar-refractivity contribution in [3.05, 3.63) is 63.6 Å². The van der Waals surface area contributed by atoms with Crippen molar-refractivity contribution in [2.24, 2.45) is 5.92 Å². The summed E-state index contributed by atoms with van der Waals surface area (Å²) in [5.74, 6) is 1.49. The number of amides is 1. The van der Waals surface area contributed by atoms with E-state index in [1.54, 1.807) is 13.2 Å². The molecule has 1 amide bonds. The molecule has 0 aliphatic rings. The van der Waals surface area contributed by atoms with Crippen molar-refractivity contribution in [3.63, 3.8) is 0 Å². The van der Waals surface area contributed by atoms with Gasteiger partial charge in [0.05, 0.1) is 13.7 Å². The summed E-state index contributed by atoms with van der Waals surface area (Å²) in [5.41, 5.74) is 1.61. The van der Waals surface area contributed by atoms with E-state index >= 15 is 0 Å². The smallest absolute Gasteiger partial charge is 0.262 e. The van der Waals surface area contributed by atoms with E-state index in [9.17, 15) is 10.1 Å². The van der Waals surface area contributed by atoms with Gasteiger partial charge in [0.25, 0.3) is 5.91 Å². The number of methoxy groups -OCH3 is 1. The highest BCUT2D eigenvalue weighted by Gasteiger charge is 2.12. The Balaban J connectivity index is 2.11. The largest absolute Gasteiger partial charge is 0.497 e. The minimum Gasteiger partial charge on any atom is -0.497 e. The van der Waals surface area contributed by atoms with Gasteiger partial charge in [-0.3, -0.25) is 4.79 Å². The Morgan fingerprint density at radius 3 is 2.59 bits per heavy atom. The first-order valence-corrected chi connectivity index (χ1v) is 10.2. The summed E-state index contributed by atoms with van der Waals surface area (Å²) in [4.78, 5) is 12.5. The fourth-order valence-electron chi connectivity index (χ4n) is 2.49. The molecule has 0 aromatic heterocycles. The molecule has 2 aromatic carbocycles. The second kappa shape index (κ2) is 11.3. The maximum absolute atomic E-state index is 12.5. The van der Waals surface area contributed by atoms with Crippen molar-refractivity contribution < 1.29 is 14.3 Å². The number of nitrogens with one attached hydrogen (secondary N) is 1. The third-order valence-electron chi connectivity index (χ3n) is 4.20. The molecule has 0 aliphatic carbocycles. The molecule has 6 heteroatoms. The van der Waals surface area contributed by atoms with Gasteiger partial charge < -0.3 is 14.8 Å². The molecule has 0 fully saturated rings. The molecular formula is C23H25BrN2O3. The normalized spacial score (nSPS) is 11.1. The maximum Gasteiger partial charge on any atom is 0.262 e. The van der Waals surface area contributed by atoms with Gasteiger partial charge >= 0.3 is 0 Å². The topological polar surface area (TPSA) is 71.3 Å². The maximum atomic E-state index is 12.5. The van der Waals surface area contributed by atoms with Crippen LogP contribution in [0.15, 0.2) is 52.5 Å². The third-order valence-corrected chi connectivity index (χ3v) is 4.69. The van der Waals surface area contributed by atoms with Crippen LogP contribution in [0.4, 0.5) is 0 Å². The minimum atomic E-state index is -0.434. The zero-order valence-corrected chi connectivity index (χ0v) is 18.5. The van der Waals surface area contributed by atoms with Crippen molar-refractivity contribution >= 4 is 27.9 Å². The molecule has 0 atom stereocenters. The number of hydrogen-bond donors (Lipinski definition) is 1. The first kappa shape index (κ1) is 22.5. The van der Waals surface area contributed by atoms with Gasteiger partial charge in [-0.15, -0.1) is 0 Å². The average molecular weight is 457 g/mol. The number of ether oxygens (including phenoxy) is 2. The van der Waals surface area contributed by atoms with Crippen LogP contribution in [0.25, 0.3) is 6.08 Å². The Morgan fingerprint density at radius 1 is 1.24 bits per heavy atom. The monoisotopic (exact) mass is 456 g/mol. The molecule has 0 saturated heterocycles. The second-order valence-electron chi connectivity index (χ2n) is 6.91. The molecule has 0 bridgehead atoms. The Hall–Kier alpha value is -2.78. The summed E-state index contributed by atoms with van der Waals surface area (Å²) < 4.78 is 11.8. The summed E-state index contributed by atoms with van der Waals surface area (Å²) >= 11 is 3.43. The van der Waals surface area contributed by atoms with Gasteiger partial charge in [0.2, 0.25) is 0 Å². The molecule has 0 unspecified atom stereocenters. The van der Waals surface area contributed by atoms with Gasteiger partial charge in [-0.05, 0) is 54.3 Å². The first-order valence-electron chi connectivity index (χ1n) is 9.38. The number of benzene rings is 2. The van der Waals surface area contributed by atoms with Crippen LogP contribution < -0.4 is 14.8 Å². The van der Waals surface area contributed by atoms with E-state index in [0.717, 1.165) is 22.2 Å². The zero-order valence-electron chi connectivity index (χ0n) is 16.9. The van der Waals surface area contributed by atoms with Gasteiger partial charge in [0.1, 0.15) is 23.1 Å². The van der Waals surface area contributed by atoms with Crippen LogP contribution in [0.1, 0.15) is 31.4 Å². The van der Waals surface area contributed by atoms with Crippen molar-refractivity contribution in [2.75, 3.05) is 13.7 Å². The second-order valence-corrected chi connectivity index (χ2v) is 7.83. The van der Waals surface area contributed by atoms with E-state index in [1.165, 1.54) is 0 Å². The van der Waals surface area contributed by atoms with Crippen LogP contribution >= 0.6 is 15.9 Å². The predicted octanol–water partition coefficient (Wildman–Crippen LogP) is 5.11.